The first-order valence-electron chi connectivity index (χ1n) is 3.90. The predicted molar refractivity (Wildman–Crippen MR) is 38.6 cm³/mol. The SMILES string of the molecule is COC(=O)C1NNC2CC1C2. The lowest BCUT2D eigenvalue weighted by molar-refractivity contribution is -0.148. The molecule has 0 amide bonds. The zero-order valence-electron chi connectivity index (χ0n) is 6.46. The van der Waals surface area contributed by atoms with E-state index in [0.717, 1.165) is 12.8 Å². The molecule has 0 aromatic carbocycles. The number of esters is 1. The van der Waals surface area contributed by atoms with E-state index in [1.165, 1.54) is 7.11 Å². The number of hydrogen-bond acceptors (Lipinski definition) is 4. The standard InChI is InChI=1S/C7H12N2O2/c1-11-7(10)6-4-2-5(3-4)8-9-6/h4-6,8-9H,2-3H2,1H3. The van der Waals surface area contributed by atoms with Gasteiger partial charge in [-0.1, -0.05) is 0 Å². The fourth-order valence-electron chi connectivity index (χ4n) is 1.76. The van der Waals surface area contributed by atoms with Gasteiger partial charge in [0.2, 0.25) is 0 Å². The summed E-state index contributed by atoms with van der Waals surface area (Å²) in [6, 6.07) is 0.464. The second kappa shape index (κ2) is 2.46. The Kier molecular flexibility index (Phi) is 1.58. The van der Waals surface area contributed by atoms with Gasteiger partial charge < -0.3 is 4.74 Å². The van der Waals surface area contributed by atoms with Crippen LogP contribution in [-0.4, -0.2) is 25.2 Å². The molecule has 2 N–H and O–H groups in total. The van der Waals surface area contributed by atoms with Gasteiger partial charge in [-0.3, -0.25) is 10.2 Å². The van der Waals surface area contributed by atoms with Gasteiger partial charge >= 0.3 is 5.97 Å². The van der Waals surface area contributed by atoms with Crippen molar-refractivity contribution >= 4 is 5.97 Å². The molecule has 3 rings (SSSR count). The molecule has 0 radical (unpaired) electrons. The summed E-state index contributed by atoms with van der Waals surface area (Å²) in [5.74, 6) is 0.342. The third-order valence-electron chi connectivity index (χ3n) is 2.54. The van der Waals surface area contributed by atoms with Crippen molar-refractivity contribution < 1.29 is 9.53 Å². The average Bonchev–Trinajstić information content (AvgIpc) is 2.02. The predicted octanol–water partition coefficient (Wildman–Crippen LogP) is -0.586. The number of fused-ring (bicyclic) bond motifs is 2. The highest BCUT2D eigenvalue weighted by Crippen LogP contribution is 2.33. The van der Waals surface area contributed by atoms with E-state index in [0.29, 0.717) is 12.0 Å². The monoisotopic (exact) mass is 156 g/mol. The molecule has 2 bridgehead atoms. The van der Waals surface area contributed by atoms with Crippen LogP contribution in [-0.2, 0) is 9.53 Å². The van der Waals surface area contributed by atoms with E-state index in [2.05, 4.69) is 15.6 Å². The number of carbonyl (C=O) groups excluding carboxylic acids is 1. The van der Waals surface area contributed by atoms with Crippen LogP contribution in [0.1, 0.15) is 12.8 Å². The zero-order chi connectivity index (χ0) is 7.84. The lowest BCUT2D eigenvalue weighted by Gasteiger charge is -2.46. The van der Waals surface area contributed by atoms with Crippen LogP contribution in [0.2, 0.25) is 0 Å². The molecule has 2 heterocycles. The van der Waals surface area contributed by atoms with Gasteiger partial charge in [0.1, 0.15) is 6.04 Å². The second-order valence-corrected chi connectivity index (χ2v) is 3.22. The first kappa shape index (κ1) is 7.06. The van der Waals surface area contributed by atoms with Gasteiger partial charge in [-0.2, -0.15) is 0 Å². The van der Waals surface area contributed by atoms with Crippen molar-refractivity contribution in [2.24, 2.45) is 5.92 Å². The molecule has 1 aliphatic carbocycles. The van der Waals surface area contributed by atoms with Crippen molar-refractivity contribution in [2.45, 2.75) is 24.9 Å². The van der Waals surface area contributed by atoms with E-state index in [4.69, 9.17) is 0 Å². The van der Waals surface area contributed by atoms with Crippen LogP contribution in [0, 0.1) is 5.92 Å². The summed E-state index contributed by atoms with van der Waals surface area (Å²) in [7, 11) is 1.43. The highest BCUT2D eigenvalue weighted by Gasteiger charge is 2.43. The number of nitrogens with one attached hydrogen (secondary N) is 2. The van der Waals surface area contributed by atoms with Gasteiger partial charge in [0.15, 0.2) is 0 Å². The van der Waals surface area contributed by atoms with Crippen molar-refractivity contribution in [2.75, 3.05) is 7.11 Å². The number of hydrogen-bond donors (Lipinski definition) is 2. The molecule has 3 fully saturated rings. The molecule has 3 aliphatic rings. The number of rotatable bonds is 1. The average molecular weight is 156 g/mol. The van der Waals surface area contributed by atoms with Crippen LogP contribution in [0.15, 0.2) is 0 Å². The zero-order valence-corrected chi connectivity index (χ0v) is 6.46. The van der Waals surface area contributed by atoms with Crippen LogP contribution in [0.4, 0.5) is 0 Å². The molecule has 0 aromatic heterocycles. The highest BCUT2D eigenvalue weighted by atomic mass is 16.5. The summed E-state index contributed by atoms with van der Waals surface area (Å²) < 4.78 is 4.64. The molecular formula is C7H12N2O2. The Hall–Kier alpha value is -0.610. The van der Waals surface area contributed by atoms with Gasteiger partial charge in [0, 0.05) is 6.04 Å². The number of carbonyl (C=O) groups is 1. The summed E-state index contributed by atoms with van der Waals surface area (Å²) in [4.78, 5) is 11.1. The molecule has 4 nitrogen and oxygen atoms in total. The van der Waals surface area contributed by atoms with E-state index in [9.17, 15) is 4.79 Å². The smallest absolute Gasteiger partial charge is 0.324 e. The first-order valence-corrected chi connectivity index (χ1v) is 3.90. The Labute approximate surface area is 65.3 Å². The Morgan fingerprint density at radius 2 is 2.18 bits per heavy atom. The van der Waals surface area contributed by atoms with Crippen molar-refractivity contribution in [3.63, 3.8) is 0 Å². The van der Waals surface area contributed by atoms with Crippen molar-refractivity contribution in [3.05, 3.63) is 0 Å². The van der Waals surface area contributed by atoms with Crippen LogP contribution in [0.5, 0.6) is 0 Å². The molecule has 1 saturated carbocycles. The fraction of sp³-hybridized carbons (Fsp3) is 0.857. The fourth-order valence-corrected chi connectivity index (χ4v) is 1.76. The van der Waals surface area contributed by atoms with Gasteiger partial charge in [-0.05, 0) is 18.8 Å². The number of ether oxygens (including phenoxy) is 1. The lowest BCUT2D eigenvalue weighted by atomic mass is 9.74. The van der Waals surface area contributed by atoms with Crippen LogP contribution >= 0.6 is 0 Å². The Morgan fingerprint density at radius 1 is 1.45 bits per heavy atom. The van der Waals surface area contributed by atoms with E-state index in [1.54, 1.807) is 0 Å². The van der Waals surface area contributed by atoms with E-state index >= 15 is 0 Å². The van der Waals surface area contributed by atoms with Crippen molar-refractivity contribution in [1.82, 2.24) is 10.9 Å². The third kappa shape index (κ3) is 1.02. The van der Waals surface area contributed by atoms with Gasteiger partial charge in [-0.15, -0.1) is 0 Å². The minimum Gasteiger partial charge on any atom is -0.468 e. The molecule has 11 heavy (non-hydrogen) atoms. The maximum atomic E-state index is 11.1. The first-order chi connectivity index (χ1) is 5.31. The number of methoxy groups -OCH3 is 1. The van der Waals surface area contributed by atoms with E-state index < -0.39 is 0 Å². The topological polar surface area (TPSA) is 50.4 Å². The van der Waals surface area contributed by atoms with Gasteiger partial charge in [0.05, 0.1) is 7.11 Å². The Bertz CT molecular complexity index is 175. The summed E-state index contributed by atoms with van der Waals surface area (Å²) in [6.45, 7) is 0. The maximum Gasteiger partial charge on any atom is 0.324 e. The Balaban J connectivity index is 1.97. The van der Waals surface area contributed by atoms with Crippen LogP contribution < -0.4 is 10.9 Å². The summed E-state index contributed by atoms with van der Waals surface area (Å²) in [5, 5.41) is 0. The third-order valence-corrected chi connectivity index (χ3v) is 2.54. The normalized spacial score (nSPS) is 41.0. The minimum absolute atomic E-state index is 0.120. The maximum absolute atomic E-state index is 11.1. The minimum atomic E-state index is -0.152. The van der Waals surface area contributed by atoms with Gasteiger partial charge in [-0.25, -0.2) is 5.43 Å². The van der Waals surface area contributed by atoms with E-state index in [-0.39, 0.29) is 12.0 Å². The summed E-state index contributed by atoms with van der Waals surface area (Å²) in [6.07, 6.45) is 2.21. The largest absolute Gasteiger partial charge is 0.468 e. The van der Waals surface area contributed by atoms with Crippen molar-refractivity contribution in [3.8, 4) is 0 Å². The Morgan fingerprint density at radius 3 is 2.64 bits per heavy atom. The molecular weight excluding hydrogens is 144 g/mol. The molecule has 0 spiro atoms. The molecule has 62 valence electrons. The lowest BCUT2D eigenvalue weighted by Crippen LogP contribution is -2.66. The summed E-state index contributed by atoms with van der Waals surface area (Å²) in [5.41, 5.74) is 6.01. The van der Waals surface area contributed by atoms with Crippen LogP contribution in [0.25, 0.3) is 0 Å². The van der Waals surface area contributed by atoms with Crippen LogP contribution in [0.3, 0.4) is 0 Å². The van der Waals surface area contributed by atoms with E-state index in [1.807, 2.05) is 0 Å². The molecule has 2 aliphatic heterocycles. The highest BCUT2D eigenvalue weighted by molar-refractivity contribution is 5.76. The molecule has 1 atom stereocenters. The second-order valence-electron chi connectivity index (χ2n) is 3.22. The van der Waals surface area contributed by atoms with Crippen molar-refractivity contribution in [1.29, 1.82) is 0 Å². The molecule has 2 saturated heterocycles. The molecule has 1 unspecified atom stereocenters. The number of hydrazine groups is 1. The van der Waals surface area contributed by atoms with Gasteiger partial charge in [0.25, 0.3) is 0 Å². The summed E-state index contributed by atoms with van der Waals surface area (Å²) >= 11 is 0. The molecule has 0 aromatic rings. The quantitative estimate of drug-likeness (QED) is 0.498. The molecule has 4 heteroatoms.